The lowest BCUT2D eigenvalue weighted by Crippen LogP contribution is -2.28. The van der Waals surface area contributed by atoms with Crippen LogP contribution in [0.25, 0.3) is 0 Å². The van der Waals surface area contributed by atoms with E-state index in [9.17, 15) is 4.79 Å². The molecule has 0 amide bonds. The van der Waals surface area contributed by atoms with Crippen molar-refractivity contribution >= 4 is 5.97 Å². The number of hydrogen-bond acceptors (Lipinski definition) is 2. The van der Waals surface area contributed by atoms with Crippen LogP contribution in [-0.2, 0) is 9.53 Å². The first-order valence-electron chi connectivity index (χ1n) is 6.10. The molecule has 2 heteroatoms. The predicted octanol–water partition coefficient (Wildman–Crippen LogP) is 3.10. The molecule has 2 saturated carbocycles. The Bertz CT molecular complexity index is 330. The SMILES string of the molecule is C=CC(OC(C)=O)C1CC2CC1CC2=CC. The molecule has 0 aromatic rings. The van der Waals surface area contributed by atoms with Crippen molar-refractivity contribution in [2.75, 3.05) is 0 Å². The zero-order valence-corrected chi connectivity index (χ0v) is 10.1. The average Bonchev–Trinajstić information content (AvgIpc) is 2.83. The maximum atomic E-state index is 11.0. The Hall–Kier alpha value is -1.05. The summed E-state index contributed by atoms with van der Waals surface area (Å²) >= 11 is 0. The van der Waals surface area contributed by atoms with Gasteiger partial charge in [0.1, 0.15) is 6.10 Å². The number of hydrogen-bond donors (Lipinski definition) is 0. The third kappa shape index (κ3) is 1.93. The minimum absolute atomic E-state index is 0.0779. The predicted molar refractivity (Wildman–Crippen MR) is 63.8 cm³/mol. The third-order valence-electron chi connectivity index (χ3n) is 4.10. The van der Waals surface area contributed by atoms with Crippen LogP contribution in [0.2, 0.25) is 0 Å². The average molecular weight is 220 g/mol. The van der Waals surface area contributed by atoms with E-state index in [2.05, 4.69) is 19.6 Å². The van der Waals surface area contributed by atoms with Crippen molar-refractivity contribution < 1.29 is 9.53 Å². The van der Waals surface area contributed by atoms with Crippen LogP contribution in [0, 0.1) is 17.8 Å². The number of esters is 1. The van der Waals surface area contributed by atoms with Gasteiger partial charge in [-0.3, -0.25) is 4.79 Å². The van der Waals surface area contributed by atoms with Crippen LogP contribution in [0.4, 0.5) is 0 Å². The number of fused-ring (bicyclic) bond motifs is 2. The standard InChI is InChI=1S/C14H20O2/c1-4-10-6-12-7-11(10)8-13(12)14(5-2)16-9(3)15/h4-5,11-14H,2,6-8H2,1,3H3. The number of allylic oxidation sites excluding steroid dienone is 2. The summed E-state index contributed by atoms with van der Waals surface area (Å²) in [7, 11) is 0. The summed E-state index contributed by atoms with van der Waals surface area (Å²) in [4.78, 5) is 11.0. The molecule has 0 aliphatic heterocycles. The Morgan fingerprint density at radius 1 is 1.56 bits per heavy atom. The van der Waals surface area contributed by atoms with Gasteiger partial charge in [0.15, 0.2) is 0 Å². The summed E-state index contributed by atoms with van der Waals surface area (Å²) in [5.74, 6) is 1.73. The van der Waals surface area contributed by atoms with Crippen molar-refractivity contribution in [1.29, 1.82) is 0 Å². The van der Waals surface area contributed by atoms with Gasteiger partial charge in [-0.25, -0.2) is 0 Å². The lowest BCUT2D eigenvalue weighted by molar-refractivity contribution is -0.147. The van der Waals surface area contributed by atoms with Crippen LogP contribution in [0.1, 0.15) is 33.1 Å². The van der Waals surface area contributed by atoms with Crippen LogP contribution >= 0.6 is 0 Å². The second kappa shape index (κ2) is 4.44. The molecule has 4 atom stereocenters. The summed E-state index contributed by atoms with van der Waals surface area (Å²) in [6.45, 7) is 7.39. The van der Waals surface area contributed by atoms with Crippen molar-refractivity contribution in [3.05, 3.63) is 24.3 Å². The van der Waals surface area contributed by atoms with Crippen LogP contribution in [0.3, 0.4) is 0 Å². The fraction of sp³-hybridized carbons (Fsp3) is 0.643. The van der Waals surface area contributed by atoms with Crippen molar-refractivity contribution in [3.63, 3.8) is 0 Å². The Labute approximate surface area is 97.4 Å². The fourth-order valence-electron chi connectivity index (χ4n) is 3.42. The summed E-state index contributed by atoms with van der Waals surface area (Å²) in [6.07, 6.45) is 7.60. The maximum absolute atomic E-state index is 11.0. The molecule has 16 heavy (non-hydrogen) atoms. The molecule has 88 valence electrons. The highest BCUT2D eigenvalue weighted by Gasteiger charge is 2.45. The minimum atomic E-state index is -0.195. The van der Waals surface area contributed by atoms with E-state index in [0.717, 1.165) is 12.3 Å². The van der Waals surface area contributed by atoms with E-state index in [1.165, 1.54) is 19.8 Å². The number of carbonyl (C=O) groups is 1. The monoisotopic (exact) mass is 220 g/mol. The number of ether oxygens (including phenoxy) is 1. The van der Waals surface area contributed by atoms with Gasteiger partial charge in [-0.15, -0.1) is 0 Å². The van der Waals surface area contributed by atoms with E-state index in [0.29, 0.717) is 11.8 Å². The van der Waals surface area contributed by atoms with Crippen molar-refractivity contribution in [2.24, 2.45) is 17.8 Å². The Kier molecular flexibility index (Phi) is 3.17. The number of rotatable bonds is 3. The van der Waals surface area contributed by atoms with Crippen molar-refractivity contribution in [1.82, 2.24) is 0 Å². The first-order valence-corrected chi connectivity index (χ1v) is 6.10. The quantitative estimate of drug-likeness (QED) is 0.539. The highest BCUT2D eigenvalue weighted by molar-refractivity contribution is 5.66. The van der Waals surface area contributed by atoms with Gasteiger partial charge < -0.3 is 4.74 Å². The second-order valence-corrected chi connectivity index (χ2v) is 4.97. The van der Waals surface area contributed by atoms with E-state index in [1.54, 1.807) is 11.6 Å². The summed E-state index contributed by atoms with van der Waals surface area (Å²) in [5, 5.41) is 0. The number of carbonyl (C=O) groups excluding carboxylic acids is 1. The van der Waals surface area contributed by atoms with E-state index < -0.39 is 0 Å². The van der Waals surface area contributed by atoms with Gasteiger partial charge in [-0.1, -0.05) is 24.3 Å². The maximum Gasteiger partial charge on any atom is 0.303 e. The van der Waals surface area contributed by atoms with Crippen molar-refractivity contribution in [2.45, 2.75) is 39.2 Å². The second-order valence-electron chi connectivity index (χ2n) is 4.97. The van der Waals surface area contributed by atoms with E-state index in [4.69, 9.17) is 4.74 Å². The van der Waals surface area contributed by atoms with Crippen LogP contribution in [0.15, 0.2) is 24.3 Å². The van der Waals surface area contributed by atoms with Gasteiger partial charge in [0.25, 0.3) is 0 Å². The Balaban J connectivity index is 2.03. The zero-order valence-electron chi connectivity index (χ0n) is 10.1. The van der Waals surface area contributed by atoms with E-state index >= 15 is 0 Å². The lowest BCUT2D eigenvalue weighted by Gasteiger charge is -2.28. The molecule has 2 nitrogen and oxygen atoms in total. The van der Waals surface area contributed by atoms with Gasteiger partial charge in [-0.2, -0.15) is 0 Å². The Morgan fingerprint density at radius 2 is 2.31 bits per heavy atom. The summed E-state index contributed by atoms with van der Waals surface area (Å²) in [6, 6.07) is 0. The van der Waals surface area contributed by atoms with Crippen LogP contribution in [-0.4, -0.2) is 12.1 Å². The van der Waals surface area contributed by atoms with E-state index in [1.807, 2.05) is 0 Å². The fourth-order valence-corrected chi connectivity index (χ4v) is 3.42. The molecular formula is C14H20O2. The van der Waals surface area contributed by atoms with Crippen LogP contribution in [0.5, 0.6) is 0 Å². The topological polar surface area (TPSA) is 26.3 Å². The van der Waals surface area contributed by atoms with Gasteiger partial charge in [0.05, 0.1) is 0 Å². The summed E-state index contributed by atoms with van der Waals surface area (Å²) in [5.41, 5.74) is 1.60. The first kappa shape index (κ1) is 11.4. The molecule has 0 radical (unpaired) electrons. The molecule has 0 N–H and O–H groups in total. The molecule has 0 aromatic carbocycles. The highest BCUT2D eigenvalue weighted by atomic mass is 16.5. The molecule has 0 heterocycles. The first-order chi connectivity index (χ1) is 7.65. The van der Waals surface area contributed by atoms with Crippen LogP contribution < -0.4 is 0 Å². The molecule has 2 rings (SSSR count). The molecule has 2 aliphatic carbocycles. The smallest absolute Gasteiger partial charge is 0.303 e. The van der Waals surface area contributed by atoms with Gasteiger partial charge >= 0.3 is 5.97 Å². The molecule has 2 bridgehead atoms. The summed E-state index contributed by atoms with van der Waals surface area (Å²) < 4.78 is 5.33. The van der Waals surface area contributed by atoms with Gasteiger partial charge in [-0.05, 0) is 38.0 Å². The largest absolute Gasteiger partial charge is 0.458 e. The molecule has 2 aliphatic rings. The molecule has 0 aromatic heterocycles. The van der Waals surface area contributed by atoms with E-state index in [-0.39, 0.29) is 12.1 Å². The molecule has 2 fully saturated rings. The van der Waals surface area contributed by atoms with Crippen molar-refractivity contribution in [3.8, 4) is 0 Å². The molecule has 0 saturated heterocycles. The van der Waals surface area contributed by atoms with Gasteiger partial charge in [0, 0.05) is 12.8 Å². The lowest BCUT2D eigenvalue weighted by atomic mass is 9.82. The molecular weight excluding hydrogens is 200 g/mol. The van der Waals surface area contributed by atoms with Gasteiger partial charge in [0.2, 0.25) is 0 Å². The molecule has 4 unspecified atom stereocenters. The highest BCUT2D eigenvalue weighted by Crippen LogP contribution is 2.53. The Morgan fingerprint density at radius 3 is 2.75 bits per heavy atom. The third-order valence-corrected chi connectivity index (χ3v) is 4.10. The molecule has 0 spiro atoms. The normalized spacial score (nSPS) is 36.4. The zero-order chi connectivity index (χ0) is 11.7. The minimum Gasteiger partial charge on any atom is -0.458 e.